The molecule has 1 aromatic rings. The quantitative estimate of drug-likeness (QED) is 0.812. The van der Waals surface area contributed by atoms with E-state index in [0.29, 0.717) is 5.56 Å². The Morgan fingerprint density at radius 3 is 2.43 bits per heavy atom. The standard InChI is InChI=1S/C10H10O2.2ClH/c11-10(12)9-5-4-7-2-1-3-8(7)6-9;;/h4-6H,1-3H2,(H,11,12);2*1H. The van der Waals surface area contributed by atoms with Gasteiger partial charge in [-0.05, 0) is 42.5 Å². The van der Waals surface area contributed by atoms with E-state index in [1.54, 1.807) is 12.1 Å². The third kappa shape index (κ3) is 2.40. The molecule has 0 atom stereocenters. The molecule has 14 heavy (non-hydrogen) atoms. The number of halogens is 2. The summed E-state index contributed by atoms with van der Waals surface area (Å²) in [5.41, 5.74) is 2.95. The fourth-order valence-electron chi connectivity index (χ4n) is 1.70. The Morgan fingerprint density at radius 1 is 1.14 bits per heavy atom. The van der Waals surface area contributed by atoms with Gasteiger partial charge >= 0.3 is 5.97 Å². The van der Waals surface area contributed by atoms with Crippen LogP contribution in [-0.4, -0.2) is 11.1 Å². The molecule has 2 nitrogen and oxygen atoms in total. The van der Waals surface area contributed by atoms with Gasteiger partial charge in [0.05, 0.1) is 5.56 Å². The maximum Gasteiger partial charge on any atom is 0.335 e. The molecule has 0 saturated heterocycles. The third-order valence-electron chi connectivity index (χ3n) is 2.35. The summed E-state index contributed by atoms with van der Waals surface area (Å²) in [7, 11) is 0. The van der Waals surface area contributed by atoms with Gasteiger partial charge in [0.15, 0.2) is 0 Å². The molecule has 1 aromatic carbocycles. The Kier molecular flexibility index (Phi) is 4.95. The molecule has 4 heteroatoms. The van der Waals surface area contributed by atoms with Crippen LogP contribution in [-0.2, 0) is 12.8 Å². The summed E-state index contributed by atoms with van der Waals surface area (Å²) in [5.74, 6) is -0.829. The van der Waals surface area contributed by atoms with Crippen molar-refractivity contribution >= 4 is 30.8 Å². The minimum atomic E-state index is -0.829. The number of rotatable bonds is 1. The molecule has 0 saturated carbocycles. The maximum absolute atomic E-state index is 10.6. The van der Waals surface area contributed by atoms with Gasteiger partial charge in [0.2, 0.25) is 0 Å². The van der Waals surface area contributed by atoms with Gasteiger partial charge in [-0.15, -0.1) is 24.8 Å². The van der Waals surface area contributed by atoms with Crippen LogP contribution in [0.1, 0.15) is 27.9 Å². The molecular weight excluding hydrogens is 223 g/mol. The van der Waals surface area contributed by atoms with E-state index in [-0.39, 0.29) is 24.8 Å². The van der Waals surface area contributed by atoms with Crippen molar-refractivity contribution in [3.63, 3.8) is 0 Å². The van der Waals surface area contributed by atoms with Crippen LogP contribution in [0.5, 0.6) is 0 Å². The Balaban J connectivity index is 0.000000845. The van der Waals surface area contributed by atoms with Gasteiger partial charge in [-0.3, -0.25) is 0 Å². The van der Waals surface area contributed by atoms with E-state index in [9.17, 15) is 4.79 Å². The van der Waals surface area contributed by atoms with Crippen molar-refractivity contribution in [3.05, 3.63) is 34.9 Å². The summed E-state index contributed by atoms with van der Waals surface area (Å²) >= 11 is 0. The highest BCUT2D eigenvalue weighted by molar-refractivity contribution is 5.88. The second-order valence-electron chi connectivity index (χ2n) is 3.14. The summed E-state index contributed by atoms with van der Waals surface area (Å²) in [6, 6.07) is 5.42. The van der Waals surface area contributed by atoms with Crippen LogP contribution in [0.4, 0.5) is 0 Å². The molecule has 0 radical (unpaired) electrons. The van der Waals surface area contributed by atoms with Crippen molar-refractivity contribution in [2.45, 2.75) is 19.3 Å². The fraction of sp³-hybridized carbons (Fsp3) is 0.300. The van der Waals surface area contributed by atoms with Gasteiger partial charge in [-0.25, -0.2) is 4.79 Å². The highest BCUT2D eigenvalue weighted by Crippen LogP contribution is 2.22. The zero-order valence-corrected chi connectivity index (χ0v) is 9.16. The maximum atomic E-state index is 10.6. The van der Waals surface area contributed by atoms with Crippen molar-refractivity contribution < 1.29 is 9.90 Å². The average molecular weight is 235 g/mol. The van der Waals surface area contributed by atoms with Crippen molar-refractivity contribution in [2.24, 2.45) is 0 Å². The fourth-order valence-corrected chi connectivity index (χ4v) is 1.70. The van der Waals surface area contributed by atoms with E-state index in [2.05, 4.69) is 0 Å². The zero-order chi connectivity index (χ0) is 8.55. The number of hydrogen-bond acceptors (Lipinski definition) is 1. The lowest BCUT2D eigenvalue weighted by molar-refractivity contribution is 0.0697. The molecular formula is C10H12Cl2O2. The van der Waals surface area contributed by atoms with Crippen molar-refractivity contribution in [2.75, 3.05) is 0 Å². The molecule has 0 fully saturated rings. The van der Waals surface area contributed by atoms with E-state index in [4.69, 9.17) is 5.11 Å². The van der Waals surface area contributed by atoms with Crippen molar-refractivity contribution in [1.29, 1.82) is 0 Å². The summed E-state index contributed by atoms with van der Waals surface area (Å²) in [6.45, 7) is 0. The third-order valence-corrected chi connectivity index (χ3v) is 2.35. The number of hydrogen-bond donors (Lipinski definition) is 1. The first-order chi connectivity index (χ1) is 5.77. The molecule has 0 heterocycles. The first kappa shape index (κ1) is 13.3. The van der Waals surface area contributed by atoms with Gasteiger partial charge in [-0.1, -0.05) is 6.07 Å². The molecule has 0 amide bonds. The minimum Gasteiger partial charge on any atom is -0.478 e. The van der Waals surface area contributed by atoms with Gasteiger partial charge < -0.3 is 5.11 Å². The number of aromatic carboxylic acids is 1. The van der Waals surface area contributed by atoms with Gasteiger partial charge in [0, 0.05) is 0 Å². The van der Waals surface area contributed by atoms with Crippen LogP contribution in [0.25, 0.3) is 0 Å². The predicted molar refractivity (Wildman–Crippen MR) is 59.9 cm³/mol. The number of aryl methyl sites for hydroxylation is 2. The van der Waals surface area contributed by atoms with Crippen LogP contribution in [0.3, 0.4) is 0 Å². The second-order valence-corrected chi connectivity index (χ2v) is 3.14. The summed E-state index contributed by atoms with van der Waals surface area (Å²) in [4.78, 5) is 10.6. The second kappa shape index (κ2) is 5.23. The largest absolute Gasteiger partial charge is 0.478 e. The lowest BCUT2D eigenvalue weighted by Gasteiger charge is -1.99. The SMILES string of the molecule is Cl.Cl.O=C(O)c1ccc2c(c1)CCC2. The molecule has 2 rings (SSSR count). The molecule has 0 aromatic heterocycles. The normalized spacial score (nSPS) is 12.3. The van der Waals surface area contributed by atoms with Gasteiger partial charge in [-0.2, -0.15) is 0 Å². The lowest BCUT2D eigenvalue weighted by Crippen LogP contribution is -1.97. The highest BCUT2D eigenvalue weighted by Gasteiger charge is 2.12. The van der Waals surface area contributed by atoms with E-state index in [1.165, 1.54) is 17.5 Å². The number of carboxylic acid groups (broad SMARTS) is 1. The number of carboxylic acids is 1. The predicted octanol–water partition coefficient (Wildman–Crippen LogP) is 2.72. The van der Waals surface area contributed by atoms with Crippen LogP contribution in [0, 0.1) is 0 Å². The lowest BCUT2D eigenvalue weighted by atomic mass is 10.1. The van der Waals surface area contributed by atoms with E-state index < -0.39 is 5.97 Å². The molecule has 1 aliphatic rings. The molecule has 0 aliphatic heterocycles. The van der Waals surface area contributed by atoms with Crippen LogP contribution in [0.15, 0.2) is 18.2 Å². The van der Waals surface area contributed by atoms with Crippen molar-refractivity contribution in [1.82, 2.24) is 0 Å². The van der Waals surface area contributed by atoms with Crippen LogP contribution in [0.2, 0.25) is 0 Å². The van der Waals surface area contributed by atoms with E-state index >= 15 is 0 Å². The number of fused-ring (bicyclic) bond motifs is 1. The summed E-state index contributed by atoms with van der Waals surface area (Å²) < 4.78 is 0. The molecule has 0 bridgehead atoms. The Hall–Kier alpha value is -0.730. The van der Waals surface area contributed by atoms with E-state index in [0.717, 1.165) is 12.8 Å². The smallest absolute Gasteiger partial charge is 0.335 e. The topological polar surface area (TPSA) is 37.3 Å². The Labute approximate surface area is 95.1 Å². The van der Waals surface area contributed by atoms with Gasteiger partial charge in [0.1, 0.15) is 0 Å². The average Bonchev–Trinajstić information content (AvgIpc) is 2.49. The monoisotopic (exact) mass is 234 g/mol. The molecule has 1 aliphatic carbocycles. The van der Waals surface area contributed by atoms with E-state index in [1.807, 2.05) is 6.07 Å². The minimum absolute atomic E-state index is 0. The zero-order valence-electron chi connectivity index (χ0n) is 7.53. The first-order valence-corrected chi connectivity index (χ1v) is 4.12. The highest BCUT2D eigenvalue weighted by atomic mass is 35.5. The summed E-state index contributed by atoms with van der Waals surface area (Å²) in [5, 5.41) is 8.72. The Bertz CT molecular complexity index is 337. The Morgan fingerprint density at radius 2 is 1.79 bits per heavy atom. The van der Waals surface area contributed by atoms with Crippen LogP contribution >= 0.6 is 24.8 Å². The number of carbonyl (C=O) groups is 1. The number of benzene rings is 1. The molecule has 78 valence electrons. The molecule has 1 N–H and O–H groups in total. The van der Waals surface area contributed by atoms with Crippen LogP contribution < -0.4 is 0 Å². The van der Waals surface area contributed by atoms with Gasteiger partial charge in [0.25, 0.3) is 0 Å². The van der Waals surface area contributed by atoms with Crippen molar-refractivity contribution in [3.8, 4) is 0 Å². The molecule has 0 spiro atoms. The molecule has 0 unspecified atom stereocenters. The summed E-state index contributed by atoms with van der Waals surface area (Å²) in [6.07, 6.45) is 3.31. The first-order valence-electron chi connectivity index (χ1n) is 4.12.